The van der Waals surface area contributed by atoms with Crippen LogP contribution >= 0.6 is 0 Å². The molecule has 0 bridgehead atoms. The molecule has 0 aromatic carbocycles. The Balaban J connectivity index is 2.53. The van der Waals surface area contributed by atoms with Crippen LogP contribution in [0.25, 0.3) is 0 Å². The van der Waals surface area contributed by atoms with Crippen molar-refractivity contribution < 1.29 is 26.4 Å². The van der Waals surface area contributed by atoms with E-state index in [0.29, 0.717) is 30.5 Å². The van der Waals surface area contributed by atoms with Gasteiger partial charge < -0.3 is 0 Å². The van der Waals surface area contributed by atoms with Crippen molar-refractivity contribution in [1.82, 2.24) is 4.98 Å². The van der Waals surface area contributed by atoms with E-state index in [1.54, 1.807) is 13.8 Å². The summed E-state index contributed by atoms with van der Waals surface area (Å²) >= 11 is 0. The fourth-order valence-corrected chi connectivity index (χ4v) is 3.61. The highest BCUT2D eigenvalue weighted by Crippen LogP contribution is 2.33. The van der Waals surface area contributed by atoms with E-state index in [9.17, 15) is 26.4 Å². The van der Waals surface area contributed by atoms with E-state index in [1.165, 1.54) is 13.8 Å². The summed E-state index contributed by atoms with van der Waals surface area (Å²) in [5.74, 6) is 0.00363. The van der Waals surface area contributed by atoms with E-state index in [2.05, 4.69) is 4.98 Å². The zero-order valence-electron chi connectivity index (χ0n) is 15.6. The normalized spacial score (nSPS) is 12.6. The zero-order valence-corrected chi connectivity index (χ0v) is 16.4. The third-order valence-electron chi connectivity index (χ3n) is 4.52. The second-order valence-corrected chi connectivity index (χ2v) is 9.48. The Bertz CT molecular complexity index is 741. The average molecular weight is 393 g/mol. The Kier molecular flexibility index (Phi) is 7.80. The van der Waals surface area contributed by atoms with E-state index in [-0.39, 0.29) is 29.9 Å². The molecule has 0 unspecified atom stereocenters. The van der Waals surface area contributed by atoms with Gasteiger partial charge in [-0.1, -0.05) is 6.42 Å². The number of pyridine rings is 1. The molecule has 0 spiro atoms. The Morgan fingerprint density at radius 1 is 1.12 bits per heavy atom. The number of unbranched alkanes of at least 4 members (excludes halogenated alkanes) is 2. The van der Waals surface area contributed by atoms with Crippen molar-refractivity contribution in [1.29, 1.82) is 0 Å². The summed E-state index contributed by atoms with van der Waals surface area (Å²) in [5, 5.41) is -0.402. The largest absolute Gasteiger partial charge is 0.418 e. The van der Waals surface area contributed by atoms with Gasteiger partial charge in [0.05, 0.1) is 22.3 Å². The Labute approximate surface area is 153 Å². The van der Waals surface area contributed by atoms with E-state index < -0.39 is 26.8 Å². The number of Topliss-reactive ketones (excluding diaryl/α,β-unsaturated/α-hetero) is 1. The zero-order chi connectivity index (χ0) is 20.1. The van der Waals surface area contributed by atoms with Gasteiger partial charge in [0.2, 0.25) is 0 Å². The van der Waals surface area contributed by atoms with Crippen molar-refractivity contribution in [3.8, 4) is 0 Å². The lowest BCUT2D eigenvalue weighted by Gasteiger charge is -2.14. The van der Waals surface area contributed by atoms with Crippen molar-refractivity contribution in [2.75, 3.05) is 5.75 Å². The molecule has 0 fully saturated rings. The van der Waals surface area contributed by atoms with E-state index in [1.807, 2.05) is 0 Å². The number of alkyl halides is 3. The summed E-state index contributed by atoms with van der Waals surface area (Å²) in [7, 11) is -3.06. The molecule has 4 nitrogen and oxygen atoms in total. The first-order chi connectivity index (χ1) is 11.9. The maximum absolute atomic E-state index is 12.8. The van der Waals surface area contributed by atoms with E-state index >= 15 is 0 Å². The number of hydrogen-bond donors (Lipinski definition) is 0. The molecule has 0 aliphatic carbocycles. The average Bonchev–Trinajstić information content (AvgIpc) is 2.50. The number of aromatic nitrogens is 1. The van der Waals surface area contributed by atoms with Gasteiger partial charge in [-0.3, -0.25) is 9.78 Å². The molecule has 0 saturated heterocycles. The van der Waals surface area contributed by atoms with Crippen LogP contribution in [0.1, 0.15) is 61.9 Å². The molecular weight excluding hydrogens is 367 g/mol. The monoisotopic (exact) mass is 393 g/mol. The number of nitrogens with zero attached hydrogens (tertiary/aromatic N) is 1. The highest BCUT2D eigenvalue weighted by molar-refractivity contribution is 7.91. The van der Waals surface area contributed by atoms with Gasteiger partial charge in [0, 0.05) is 19.0 Å². The first kappa shape index (κ1) is 22.6. The summed E-state index contributed by atoms with van der Waals surface area (Å²) in [6.07, 6.45) is -1.73. The van der Waals surface area contributed by atoms with Crippen molar-refractivity contribution in [2.24, 2.45) is 0 Å². The topological polar surface area (TPSA) is 64.1 Å². The van der Waals surface area contributed by atoms with Crippen molar-refractivity contribution in [2.45, 2.75) is 71.2 Å². The molecule has 1 aromatic rings. The number of carbonyl (C=O) groups excluding carboxylic acids is 1. The standard InChI is InChI=1S/C18H26F3NO3S/c1-12(2)26(24,25)9-7-5-6-8-15(23)10-17-14(4)13(3)16(11-22-17)18(19,20)21/h11-12H,5-10H2,1-4H3. The van der Waals surface area contributed by atoms with Crippen LogP contribution in [0.2, 0.25) is 0 Å². The van der Waals surface area contributed by atoms with E-state index in [4.69, 9.17) is 0 Å². The molecule has 0 saturated carbocycles. The Morgan fingerprint density at radius 2 is 1.73 bits per heavy atom. The Morgan fingerprint density at radius 3 is 2.27 bits per heavy atom. The fourth-order valence-electron chi connectivity index (χ4n) is 2.53. The predicted octanol–water partition coefficient (Wildman–Crippen LogP) is 4.21. The number of hydrogen-bond acceptors (Lipinski definition) is 4. The molecule has 1 rings (SSSR count). The highest BCUT2D eigenvalue weighted by atomic mass is 32.2. The van der Waals surface area contributed by atoms with Crippen LogP contribution < -0.4 is 0 Å². The molecule has 0 atom stereocenters. The summed E-state index contributed by atoms with van der Waals surface area (Å²) in [6.45, 7) is 6.19. The van der Waals surface area contributed by atoms with E-state index in [0.717, 1.165) is 6.20 Å². The molecule has 0 aliphatic heterocycles. The van der Waals surface area contributed by atoms with Crippen LogP contribution in [0.15, 0.2) is 6.20 Å². The van der Waals surface area contributed by atoms with Gasteiger partial charge in [0.25, 0.3) is 0 Å². The molecular formula is C18H26F3NO3S. The van der Waals surface area contributed by atoms with Gasteiger partial charge in [-0.05, 0) is 51.7 Å². The Hall–Kier alpha value is -1.44. The maximum atomic E-state index is 12.8. The minimum Gasteiger partial charge on any atom is -0.299 e. The lowest BCUT2D eigenvalue weighted by Crippen LogP contribution is -2.17. The van der Waals surface area contributed by atoms with Crippen molar-refractivity contribution in [3.05, 3.63) is 28.6 Å². The number of halogens is 3. The van der Waals surface area contributed by atoms with Crippen LogP contribution in [-0.2, 0) is 27.2 Å². The second kappa shape index (κ2) is 8.97. The lowest BCUT2D eigenvalue weighted by molar-refractivity contribution is -0.138. The summed E-state index contributed by atoms with van der Waals surface area (Å²) in [5.41, 5.74) is 0.0610. The van der Waals surface area contributed by atoms with Crippen molar-refractivity contribution in [3.63, 3.8) is 0 Å². The molecule has 8 heteroatoms. The van der Waals surface area contributed by atoms with Crippen LogP contribution in [-0.4, -0.2) is 30.2 Å². The predicted molar refractivity (Wildman–Crippen MR) is 94.8 cm³/mol. The molecule has 0 aliphatic rings. The molecule has 148 valence electrons. The third kappa shape index (κ3) is 6.37. The smallest absolute Gasteiger partial charge is 0.299 e. The number of ketones is 1. The van der Waals surface area contributed by atoms with Gasteiger partial charge in [-0.2, -0.15) is 13.2 Å². The van der Waals surface area contributed by atoms with Gasteiger partial charge in [-0.15, -0.1) is 0 Å². The summed E-state index contributed by atoms with van der Waals surface area (Å²) < 4.78 is 61.9. The highest BCUT2D eigenvalue weighted by Gasteiger charge is 2.33. The maximum Gasteiger partial charge on any atom is 0.418 e. The molecule has 1 heterocycles. The van der Waals surface area contributed by atoms with Crippen LogP contribution in [0.5, 0.6) is 0 Å². The summed E-state index contributed by atoms with van der Waals surface area (Å²) in [6, 6.07) is 0. The SMILES string of the molecule is Cc1c(C(F)(F)F)cnc(CC(=O)CCCCCS(=O)(=O)C(C)C)c1C. The molecule has 0 N–H and O–H groups in total. The lowest BCUT2D eigenvalue weighted by atomic mass is 9.99. The molecule has 0 radical (unpaired) electrons. The van der Waals surface area contributed by atoms with Crippen LogP contribution in [0, 0.1) is 13.8 Å². The molecule has 26 heavy (non-hydrogen) atoms. The first-order valence-electron chi connectivity index (χ1n) is 8.61. The minimum atomic E-state index is -4.46. The van der Waals surface area contributed by atoms with Gasteiger partial charge in [0.1, 0.15) is 5.78 Å². The second-order valence-electron chi connectivity index (χ2n) is 6.81. The minimum absolute atomic E-state index is 0.00486. The molecule has 0 amide bonds. The third-order valence-corrected chi connectivity index (χ3v) is 6.82. The number of rotatable bonds is 9. The van der Waals surface area contributed by atoms with Gasteiger partial charge in [0.15, 0.2) is 9.84 Å². The first-order valence-corrected chi connectivity index (χ1v) is 10.3. The fraction of sp³-hybridized carbons (Fsp3) is 0.667. The van der Waals surface area contributed by atoms with Gasteiger partial charge in [-0.25, -0.2) is 8.42 Å². The van der Waals surface area contributed by atoms with Gasteiger partial charge >= 0.3 is 6.18 Å². The number of carbonyl (C=O) groups is 1. The van der Waals surface area contributed by atoms with Crippen LogP contribution in [0.4, 0.5) is 13.2 Å². The summed E-state index contributed by atoms with van der Waals surface area (Å²) in [4.78, 5) is 15.9. The number of sulfone groups is 1. The van der Waals surface area contributed by atoms with Crippen molar-refractivity contribution >= 4 is 15.6 Å². The molecule has 1 aromatic heterocycles. The quantitative estimate of drug-likeness (QED) is 0.590. The van der Waals surface area contributed by atoms with Crippen LogP contribution in [0.3, 0.4) is 0 Å².